The number of rotatable bonds is 3. The second kappa shape index (κ2) is 6.10. The van der Waals surface area contributed by atoms with Crippen molar-refractivity contribution >= 4 is 17.5 Å². The number of hydrogen-bond acceptors (Lipinski definition) is 5. The van der Waals surface area contributed by atoms with Gasteiger partial charge in [0.25, 0.3) is 0 Å². The van der Waals surface area contributed by atoms with Crippen LogP contribution in [0.1, 0.15) is 0 Å². The molecular formula is C16H21N5. The monoisotopic (exact) mass is 283 g/mol. The molecule has 1 aliphatic heterocycles. The van der Waals surface area contributed by atoms with Gasteiger partial charge in [0.15, 0.2) is 0 Å². The highest BCUT2D eigenvalue weighted by atomic mass is 15.3. The van der Waals surface area contributed by atoms with E-state index in [0.29, 0.717) is 0 Å². The highest BCUT2D eigenvalue weighted by Crippen LogP contribution is 2.21. The molecule has 3 rings (SSSR count). The van der Waals surface area contributed by atoms with Crippen LogP contribution in [0.25, 0.3) is 0 Å². The van der Waals surface area contributed by atoms with Gasteiger partial charge in [0.1, 0.15) is 5.82 Å². The van der Waals surface area contributed by atoms with E-state index in [1.165, 1.54) is 0 Å². The average Bonchev–Trinajstić information content (AvgIpc) is 2.56. The van der Waals surface area contributed by atoms with Gasteiger partial charge >= 0.3 is 0 Å². The summed E-state index contributed by atoms with van der Waals surface area (Å²) in [7, 11) is 4.16. The molecule has 0 saturated carbocycles. The molecule has 1 fully saturated rings. The molecule has 0 radical (unpaired) electrons. The molecule has 0 bridgehead atoms. The maximum absolute atomic E-state index is 4.72. The third-order valence-corrected chi connectivity index (χ3v) is 3.90. The number of nitrogens with zero attached hydrogens (tertiary/aromatic N) is 5. The van der Waals surface area contributed by atoms with Gasteiger partial charge in [-0.3, -0.25) is 0 Å². The third-order valence-electron chi connectivity index (χ3n) is 3.90. The lowest BCUT2D eigenvalue weighted by Gasteiger charge is -2.33. The largest absolute Gasteiger partial charge is 0.354 e. The first-order valence-electron chi connectivity index (χ1n) is 7.29. The number of piperazine rings is 1. The molecule has 0 unspecified atom stereocenters. The first kappa shape index (κ1) is 13.8. The number of hydrogen-bond donors (Lipinski definition) is 0. The summed E-state index contributed by atoms with van der Waals surface area (Å²) in [4.78, 5) is 15.8. The van der Waals surface area contributed by atoms with Crippen LogP contribution in [-0.2, 0) is 0 Å². The predicted molar refractivity (Wildman–Crippen MR) is 86.2 cm³/mol. The summed E-state index contributed by atoms with van der Waals surface area (Å²) in [5.74, 6) is 1.74. The van der Waals surface area contributed by atoms with E-state index in [4.69, 9.17) is 4.98 Å². The number of benzene rings is 1. The van der Waals surface area contributed by atoms with Gasteiger partial charge in [-0.15, -0.1) is 0 Å². The molecule has 1 aliphatic rings. The van der Waals surface area contributed by atoms with Gasteiger partial charge in [-0.2, -0.15) is 4.98 Å². The Labute approximate surface area is 125 Å². The van der Waals surface area contributed by atoms with Gasteiger partial charge in [0.2, 0.25) is 5.95 Å². The molecule has 1 aromatic heterocycles. The van der Waals surface area contributed by atoms with Crippen molar-refractivity contribution < 1.29 is 0 Å². The third kappa shape index (κ3) is 3.13. The standard InChI is InChI=1S/C16H21N5/c1-19-10-12-21(13-11-19)15-8-9-17-16(18-15)20(2)14-6-4-3-5-7-14/h3-9H,10-13H2,1-2H3. The maximum atomic E-state index is 4.72. The number of para-hydroxylation sites is 1. The van der Waals surface area contributed by atoms with Crippen molar-refractivity contribution in [3.8, 4) is 0 Å². The lowest BCUT2D eigenvalue weighted by Crippen LogP contribution is -2.44. The van der Waals surface area contributed by atoms with Gasteiger partial charge < -0.3 is 14.7 Å². The van der Waals surface area contributed by atoms with E-state index in [2.05, 4.69) is 34.0 Å². The Morgan fingerprint density at radius 2 is 1.71 bits per heavy atom. The summed E-state index contributed by atoms with van der Waals surface area (Å²) in [5, 5.41) is 0. The molecule has 0 atom stereocenters. The van der Waals surface area contributed by atoms with E-state index < -0.39 is 0 Å². The first-order chi connectivity index (χ1) is 10.2. The fraction of sp³-hybridized carbons (Fsp3) is 0.375. The fourth-order valence-corrected chi connectivity index (χ4v) is 2.48. The zero-order valence-electron chi connectivity index (χ0n) is 12.6. The summed E-state index contributed by atoms with van der Waals surface area (Å²) in [5.41, 5.74) is 1.09. The minimum absolute atomic E-state index is 0.734. The first-order valence-corrected chi connectivity index (χ1v) is 7.29. The summed E-state index contributed by atoms with van der Waals surface area (Å²) in [6, 6.07) is 12.2. The second-order valence-electron chi connectivity index (χ2n) is 5.40. The van der Waals surface area contributed by atoms with E-state index in [9.17, 15) is 0 Å². The fourth-order valence-electron chi connectivity index (χ4n) is 2.48. The second-order valence-corrected chi connectivity index (χ2v) is 5.40. The van der Waals surface area contributed by atoms with Gasteiger partial charge in [0.05, 0.1) is 0 Å². The summed E-state index contributed by atoms with van der Waals surface area (Å²) >= 11 is 0. The van der Waals surface area contributed by atoms with Crippen LogP contribution in [0.4, 0.5) is 17.5 Å². The minimum atomic E-state index is 0.734. The highest BCUT2D eigenvalue weighted by Gasteiger charge is 2.16. The Bertz CT molecular complexity index is 578. The van der Waals surface area contributed by atoms with Crippen molar-refractivity contribution in [1.82, 2.24) is 14.9 Å². The minimum Gasteiger partial charge on any atom is -0.354 e. The molecule has 2 aromatic rings. The molecule has 0 amide bonds. The molecule has 110 valence electrons. The Kier molecular flexibility index (Phi) is 4.01. The van der Waals surface area contributed by atoms with Crippen LogP contribution in [0.2, 0.25) is 0 Å². The van der Waals surface area contributed by atoms with Crippen LogP contribution in [0.15, 0.2) is 42.6 Å². The molecule has 2 heterocycles. The van der Waals surface area contributed by atoms with Crippen LogP contribution in [0, 0.1) is 0 Å². The van der Waals surface area contributed by atoms with E-state index in [1.807, 2.05) is 42.4 Å². The Morgan fingerprint density at radius 1 is 1.00 bits per heavy atom. The topological polar surface area (TPSA) is 35.5 Å². The molecular weight excluding hydrogens is 262 g/mol. The van der Waals surface area contributed by atoms with E-state index in [0.717, 1.165) is 43.6 Å². The van der Waals surface area contributed by atoms with Gasteiger partial charge in [-0.25, -0.2) is 4.98 Å². The van der Waals surface area contributed by atoms with E-state index >= 15 is 0 Å². The number of likely N-dealkylation sites (N-methyl/N-ethyl adjacent to an activating group) is 1. The summed E-state index contributed by atoms with van der Waals surface area (Å²) in [6.45, 7) is 4.19. The molecule has 0 N–H and O–H groups in total. The molecule has 1 saturated heterocycles. The van der Waals surface area contributed by atoms with Crippen LogP contribution >= 0.6 is 0 Å². The summed E-state index contributed by atoms with van der Waals surface area (Å²) < 4.78 is 0. The normalized spacial score (nSPS) is 16.0. The quantitative estimate of drug-likeness (QED) is 0.861. The van der Waals surface area contributed by atoms with Gasteiger partial charge in [0, 0.05) is 45.1 Å². The Balaban J connectivity index is 1.80. The zero-order chi connectivity index (χ0) is 14.7. The van der Waals surface area contributed by atoms with Crippen molar-refractivity contribution in [3.05, 3.63) is 42.6 Å². The molecule has 5 nitrogen and oxygen atoms in total. The highest BCUT2D eigenvalue weighted by molar-refractivity contribution is 5.57. The molecule has 0 aliphatic carbocycles. The molecule has 1 aromatic carbocycles. The number of anilines is 3. The van der Waals surface area contributed by atoms with Crippen LogP contribution < -0.4 is 9.80 Å². The van der Waals surface area contributed by atoms with Gasteiger partial charge in [-0.05, 0) is 25.2 Å². The zero-order valence-corrected chi connectivity index (χ0v) is 12.6. The maximum Gasteiger partial charge on any atom is 0.231 e. The lowest BCUT2D eigenvalue weighted by molar-refractivity contribution is 0.312. The van der Waals surface area contributed by atoms with E-state index in [1.54, 1.807) is 0 Å². The van der Waals surface area contributed by atoms with E-state index in [-0.39, 0.29) is 0 Å². The van der Waals surface area contributed by atoms with Crippen molar-refractivity contribution in [2.45, 2.75) is 0 Å². The SMILES string of the molecule is CN1CCN(c2ccnc(N(C)c3ccccc3)n2)CC1. The lowest BCUT2D eigenvalue weighted by atomic mass is 10.3. The average molecular weight is 283 g/mol. The predicted octanol–water partition coefficient (Wildman–Crippen LogP) is 2.00. The number of aromatic nitrogens is 2. The molecule has 21 heavy (non-hydrogen) atoms. The van der Waals surface area contributed by atoms with Crippen LogP contribution in [-0.4, -0.2) is 55.1 Å². The van der Waals surface area contributed by atoms with Gasteiger partial charge in [-0.1, -0.05) is 18.2 Å². The Hall–Kier alpha value is -2.14. The molecule has 5 heteroatoms. The molecule has 0 spiro atoms. The van der Waals surface area contributed by atoms with Crippen molar-refractivity contribution in [3.63, 3.8) is 0 Å². The van der Waals surface area contributed by atoms with Crippen molar-refractivity contribution in [2.24, 2.45) is 0 Å². The smallest absolute Gasteiger partial charge is 0.231 e. The Morgan fingerprint density at radius 3 is 2.43 bits per heavy atom. The van der Waals surface area contributed by atoms with Crippen LogP contribution in [0.3, 0.4) is 0 Å². The van der Waals surface area contributed by atoms with Crippen molar-refractivity contribution in [1.29, 1.82) is 0 Å². The van der Waals surface area contributed by atoms with Crippen LogP contribution in [0.5, 0.6) is 0 Å². The summed E-state index contributed by atoms with van der Waals surface area (Å²) in [6.07, 6.45) is 1.84. The van der Waals surface area contributed by atoms with Crippen molar-refractivity contribution in [2.75, 3.05) is 50.1 Å².